The number of esters is 1. The molecule has 0 aliphatic heterocycles. The maximum Gasteiger partial charge on any atom is 0.412 e. The third-order valence-corrected chi connectivity index (χ3v) is 4.36. The number of nitrogens with one attached hydrogen (secondary N) is 2. The highest BCUT2D eigenvalue weighted by molar-refractivity contribution is 6.34. The smallest absolute Gasteiger partial charge is 0.412 e. The normalized spacial score (nSPS) is 10.2. The van der Waals surface area contributed by atoms with E-state index >= 15 is 0 Å². The Morgan fingerprint density at radius 3 is 2.29 bits per heavy atom. The van der Waals surface area contributed by atoms with E-state index in [0.29, 0.717) is 11.4 Å². The average molecular weight is 488 g/mol. The number of halogens is 2. The van der Waals surface area contributed by atoms with Crippen molar-refractivity contribution < 1.29 is 33.0 Å². The summed E-state index contributed by atoms with van der Waals surface area (Å²) in [6.45, 7) is 0. The van der Waals surface area contributed by atoms with Gasteiger partial charge in [-0.05, 0) is 42.5 Å². The lowest BCUT2D eigenvalue weighted by Crippen LogP contribution is -2.21. The molecule has 174 valence electrons. The molecular weight excluding hydrogens is 473 g/mol. The van der Waals surface area contributed by atoms with Gasteiger partial charge in [0, 0.05) is 18.0 Å². The van der Waals surface area contributed by atoms with Crippen LogP contribution in [-0.4, -0.2) is 29.0 Å². The topological polar surface area (TPSA) is 176 Å². The minimum atomic E-state index is -1.27. The summed E-state index contributed by atoms with van der Waals surface area (Å²) in [6, 6.07) is 9.79. The van der Waals surface area contributed by atoms with Gasteiger partial charge in [0.05, 0.1) is 16.3 Å². The van der Waals surface area contributed by atoms with Crippen molar-refractivity contribution >= 4 is 47.0 Å². The number of carbonyl (C=O) groups excluding carboxylic acids is 4. The Morgan fingerprint density at radius 1 is 0.941 bits per heavy atom. The number of carbonyl (C=O) groups is 4. The molecule has 0 radical (unpaired) electrons. The molecular formula is C21H15ClFN5O6. The lowest BCUT2D eigenvalue weighted by Gasteiger charge is -2.11. The van der Waals surface area contributed by atoms with E-state index in [-0.39, 0.29) is 27.7 Å². The molecule has 3 aromatic rings. The Labute approximate surface area is 195 Å². The van der Waals surface area contributed by atoms with Gasteiger partial charge in [0.15, 0.2) is 5.69 Å². The van der Waals surface area contributed by atoms with Crippen LogP contribution in [0.5, 0.6) is 11.5 Å². The quantitative estimate of drug-likeness (QED) is 0.303. The Balaban J connectivity index is 1.64. The van der Waals surface area contributed by atoms with Gasteiger partial charge in [-0.15, -0.1) is 0 Å². The van der Waals surface area contributed by atoms with Gasteiger partial charge in [-0.25, -0.2) is 23.8 Å². The molecule has 34 heavy (non-hydrogen) atoms. The van der Waals surface area contributed by atoms with Crippen LogP contribution in [-0.2, 0) is 4.74 Å². The molecule has 13 heteroatoms. The zero-order valence-corrected chi connectivity index (χ0v) is 17.8. The number of hydrogen-bond acceptors (Lipinski definition) is 7. The first-order chi connectivity index (χ1) is 16.1. The third-order valence-electron chi connectivity index (χ3n) is 4.05. The summed E-state index contributed by atoms with van der Waals surface area (Å²) in [5.41, 5.74) is 9.66. The predicted molar refractivity (Wildman–Crippen MR) is 118 cm³/mol. The van der Waals surface area contributed by atoms with Crippen molar-refractivity contribution in [3.63, 3.8) is 0 Å². The molecule has 1 heterocycles. The summed E-state index contributed by atoms with van der Waals surface area (Å²) in [6.07, 6.45) is 0.00422. The minimum absolute atomic E-state index is 0.151. The van der Waals surface area contributed by atoms with E-state index in [1.165, 1.54) is 42.6 Å². The first-order valence-electron chi connectivity index (χ1n) is 9.25. The molecule has 0 unspecified atom stereocenters. The summed E-state index contributed by atoms with van der Waals surface area (Å²) < 4.78 is 23.9. The highest BCUT2D eigenvalue weighted by atomic mass is 35.5. The van der Waals surface area contributed by atoms with Gasteiger partial charge in [-0.2, -0.15) is 0 Å². The Bertz CT molecular complexity index is 1290. The molecule has 0 aliphatic rings. The number of benzene rings is 2. The highest BCUT2D eigenvalue weighted by Crippen LogP contribution is 2.25. The van der Waals surface area contributed by atoms with E-state index in [0.717, 1.165) is 12.1 Å². The number of rotatable bonds is 6. The largest absolute Gasteiger partial charge is 0.457 e. The van der Waals surface area contributed by atoms with Gasteiger partial charge in [0.25, 0.3) is 0 Å². The second kappa shape index (κ2) is 10.3. The molecule has 2 aromatic carbocycles. The van der Waals surface area contributed by atoms with Gasteiger partial charge >= 0.3 is 18.1 Å². The number of urea groups is 1. The van der Waals surface area contributed by atoms with Crippen molar-refractivity contribution in [2.45, 2.75) is 0 Å². The molecule has 0 saturated carbocycles. The Morgan fingerprint density at radius 2 is 1.65 bits per heavy atom. The van der Waals surface area contributed by atoms with E-state index in [2.05, 4.69) is 20.4 Å². The number of nitrogens with zero attached hydrogens (tertiary/aromatic N) is 1. The first kappa shape index (κ1) is 23.9. The van der Waals surface area contributed by atoms with Crippen LogP contribution >= 0.6 is 11.6 Å². The molecule has 0 bridgehead atoms. The second-order valence-electron chi connectivity index (χ2n) is 6.47. The van der Waals surface area contributed by atoms with Crippen LogP contribution in [0.25, 0.3) is 0 Å². The lowest BCUT2D eigenvalue weighted by atomic mass is 10.2. The molecule has 3 rings (SSSR count). The fraction of sp³-hybridized carbons (Fsp3) is 0. The van der Waals surface area contributed by atoms with Gasteiger partial charge in [-0.3, -0.25) is 4.79 Å². The maximum atomic E-state index is 14.0. The molecule has 4 amide bonds. The summed E-state index contributed by atoms with van der Waals surface area (Å²) in [7, 11) is 0. The number of amides is 4. The van der Waals surface area contributed by atoms with Gasteiger partial charge in [0.2, 0.25) is 5.91 Å². The number of aromatic nitrogens is 1. The van der Waals surface area contributed by atoms with Crippen molar-refractivity contribution in [3.8, 4) is 11.5 Å². The zero-order valence-electron chi connectivity index (χ0n) is 17.0. The van der Waals surface area contributed by atoms with Gasteiger partial charge < -0.3 is 31.6 Å². The summed E-state index contributed by atoms with van der Waals surface area (Å²) in [5, 5.41) is 4.55. The summed E-state index contributed by atoms with van der Waals surface area (Å²) in [4.78, 5) is 49.7. The number of ether oxygens (including phenoxy) is 2. The van der Waals surface area contributed by atoms with E-state index in [4.69, 9.17) is 27.8 Å². The van der Waals surface area contributed by atoms with Crippen LogP contribution in [0.4, 0.5) is 25.4 Å². The van der Waals surface area contributed by atoms with Crippen LogP contribution < -0.4 is 26.8 Å². The highest BCUT2D eigenvalue weighted by Gasteiger charge is 2.15. The molecule has 0 atom stereocenters. The van der Waals surface area contributed by atoms with Crippen molar-refractivity contribution in [3.05, 3.63) is 76.8 Å². The lowest BCUT2D eigenvalue weighted by molar-refractivity contribution is 0.0631. The van der Waals surface area contributed by atoms with Crippen molar-refractivity contribution in [2.24, 2.45) is 11.5 Å². The molecule has 1 aromatic heterocycles. The standard InChI is InChI=1S/C21H15ClFN5O6/c22-14-9-15(23)16(8-13(14)18(24)29)28-21(32)27-10-1-3-11(4-2-10)33-12-5-6-26-17(7-12)19(30)34-20(25)31/h1-9H,(H2,24,29)(H2,25,31)(H2,27,28,32). The van der Waals surface area contributed by atoms with E-state index in [1.807, 2.05) is 0 Å². The Kier molecular flexibility index (Phi) is 7.23. The number of pyridine rings is 1. The molecule has 11 nitrogen and oxygen atoms in total. The predicted octanol–water partition coefficient (Wildman–Crippen LogP) is 3.64. The van der Waals surface area contributed by atoms with Crippen molar-refractivity contribution in [1.82, 2.24) is 4.98 Å². The monoisotopic (exact) mass is 487 g/mol. The van der Waals surface area contributed by atoms with Crippen LogP contribution in [0.3, 0.4) is 0 Å². The first-order valence-corrected chi connectivity index (χ1v) is 9.62. The molecule has 0 saturated heterocycles. The fourth-order valence-corrected chi connectivity index (χ4v) is 2.83. The average Bonchev–Trinajstić information content (AvgIpc) is 2.76. The molecule has 6 N–H and O–H groups in total. The number of hydrogen-bond donors (Lipinski definition) is 4. The van der Waals surface area contributed by atoms with Gasteiger partial charge in [0.1, 0.15) is 17.3 Å². The molecule has 0 aliphatic carbocycles. The number of nitrogens with two attached hydrogens (primary N) is 2. The summed E-state index contributed by atoms with van der Waals surface area (Å²) >= 11 is 5.75. The number of anilines is 2. The zero-order chi connectivity index (χ0) is 24.8. The molecule has 0 fully saturated rings. The minimum Gasteiger partial charge on any atom is -0.457 e. The fourth-order valence-electron chi connectivity index (χ4n) is 2.59. The van der Waals surface area contributed by atoms with E-state index in [9.17, 15) is 23.6 Å². The van der Waals surface area contributed by atoms with E-state index in [1.54, 1.807) is 0 Å². The van der Waals surface area contributed by atoms with Crippen molar-refractivity contribution in [1.29, 1.82) is 0 Å². The van der Waals surface area contributed by atoms with Crippen LogP contribution in [0.1, 0.15) is 20.8 Å². The van der Waals surface area contributed by atoms with Crippen LogP contribution in [0, 0.1) is 5.82 Å². The van der Waals surface area contributed by atoms with E-state index < -0.39 is 29.8 Å². The Hall–Kier alpha value is -4.71. The van der Waals surface area contributed by atoms with Crippen LogP contribution in [0.2, 0.25) is 5.02 Å². The maximum absolute atomic E-state index is 14.0. The third kappa shape index (κ3) is 6.17. The summed E-state index contributed by atoms with van der Waals surface area (Å²) in [5.74, 6) is -2.22. The SMILES string of the molecule is NC(=O)OC(=O)c1cc(Oc2ccc(NC(=O)Nc3cc(C(N)=O)c(Cl)cc3F)cc2)ccn1. The second-order valence-corrected chi connectivity index (χ2v) is 6.87. The van der Waals surface area contributed by atoms with Crippen LogP contribution in [0.15, 0.2) is 54.7 Å². The molecule has 0 spiro atoms. The van der Waals surface area contributed by atoms with Gasteiger partial charge in [-0.1, -0.05) is 11.6 Å². The van der Waals surface area contributed by atoms with Crippen molar-refractivity contribution in [2.75, 3.05) is 10.6 Å². The number of primary amides is 2.